The maximum absolute atomic E-state index is 12.0. The predicted octanol–water partition coefficient (Wildman–Crippen LogP) is 3.83. The van der Waals surface area contributed by atoms with Gasteiger partial charge in [0.2, 0.25) is 0 Å². The molecule has 27 heavy (non-hydrogen) atoms. The number of nitrogens with one attached hydrogen (secondary N) is 1. The lowest BCUT2D eigenvalue weighted by atomic mass is 10.1. The van der Waals surface area contributed by atoms with Crippen molar-refractivity contribution in [1.29, 1.82) is 0 Å². The Hall–Kier alpha value is -2.86. The Morgan fingerprint density at radius 3 is 2.81 bits per heavy atom. The van der Waals surface area contributed by atoms with Crippen LogP contribution < -0.4 is 5.32 Å². The average Bonchev–Trinajstić information content (AvgIpc) is 3.07. The zero-order chi connectivity index (χ0) is 19.2. The SMILES string of the molecule is C[C@@H](NC(=O)COC(=O)CCc1nc2ccccc2o1)c1cccc(Cl)c1. The van der Waals surface area contributed by atoms with Crippen LogP contribution in [0, 0.1) is 0 Å². The topological polar surface area (TPSA) is 81.4 Å². The molecule has 2 aromatic carbocycles. The first-order valence-electron chi connectivity index (χ1n) is 8.56. The van der Waals surface area contributed by atoms with E-state index in [-0.39, 0.29) is 25.0 Å². The molecule has 1 atom stereocenters. The van der Waals surface area contributed by atoms with Crippen molar-refractivity contribution >= 4 is 34.6 Å². The molecule has 0 aliphatic heterocycles. The van der Waals surface area contributed by atoms with Gasteiger partial charge in [0.15, 0.2) is 18.1 Å². The van der Waals surface area contributed by atoms with Gasteiger partial charge in [-0.05, 0) is 36.8 Å². The average molecular weight is 387 g/mol. The van der Waals surface area contributed by atoms with E-state index in [1.807, 2.05) is 43.3 Å². The van der Waals surface area contributed by atoms with Crippen molar-refractivity contribution in [2.24, 2.45) is 0 Å². The standard InChI is InChI=1S/C20H19ClN2O4/c1-13(14-5-4-6-15(21)11-14)22-18(24)12-26-20(25)10-9-19-23-16-7-2-3-8-17(16)27-19/h2-8,11,13H,9-10,12H2,1H3,(H,22,24)/t13-/m1/s1. The van der Waals surface area contributed by atoms with Gasteiger partial charge in [-0.15, -0.1) is 0 Å². The molecule has 1 heterocycles. The molecule has 1 amide bonds. The van der Waals surface area contributed by atoms with Crippen molar-refractivity contribution in [3.8, 4) is 0 Å². The Kier molecular flexibility index (Phi) is 6.08. The maximum Gasteiger partial charge on any atom is 0.306 e. The molecule has 0 radical (unpaired) electrons. The summed E-state index contributed by atoms with van der Waals surface area (Å²) in [5.74, 6) is -0.396. The highest BCUT2D eigenvalue weighted by molar-refractivity contribution is 6.30. The minimum absolute atomic E-state index is 0.0873. The van der Waals surface area contributed by atoms with Crippen LogP contribution >= 0.6 is 11.6 Å². The van der Waals surface area contributed by atoms with Crippen LogP contribution in [-0.2, 0) is 20.7 Å². The third-order valence-corrected chi connectivity index (χ3v) is 4.21. The number of aromatic nitrogens is 1. The second-order valence-electron chi connectivity index (χ2n) is 6.08. The van der Waals surface area contributed by atoms with Crippen LogP contribution in [0.4, 0.5) is 0 Å². The lowest BCUT2D eigenvalue weighted by Crippen LogP contribution is -2.31. The number of hydrogen-bond donors (Lipinski definition) is 1. The number of halogens is 1. The number of aryl methyl sites for hydroxylation is 1. The van der Waals surface area contributed by atoms with Crippen LogP contribution in [0.2, 0.25) is 5.02 Å². The van der Waals surface area contributed by atoms with Crippen molar-refractivity contribution in [3.63, 3.8) is 0 Å². The van der Waals surface area contributed by atoms with Crippen LogP contribution in [0.15, 0.2) is 52.9 Å². The van der Waals surface area contributed by atoms with Gasteiger partial charge >= 0.3 is 5.97 Å². The van der Waals surface area contributed by atoms with Gasteiger partial charge in [-0.3, -0.25) is 9.59 Å². The van der Waals surface area contributed by atoms with E-state index in [1.165, 1.54) is 0 Å². The zero-order valence-electron chi connectivity index (χ0n) is 14.8. The van der Waals surface area contributed by atoms with Crippen LogP contribution in [0.5, 0.6) is 0 Å². The second kappa shape index (κ2) is 8.68. The summed E-state index contributed by atoms with van der Waals surface area (Å²) in [6.07, 6.45) is 0.401. The minimum atomic E-state index is -0.484. The number of fused-ring (bicyclic) bond motifs is 1. The molecule has 0 fully saturated rings. The third kappa shape index (κ3) is 5.31. The minimum Gasteiger partial charge on any atom is -0.456 e. The maximum atomic E-state index is 12.0. The van der Waals surface area contributed by atoms with Gasteiger partial charge in [0.05, 0.1) is 12.5 Å². The second-order valence-corrected chi connectivity index (χ2v) is 6.52. The van der Waals surface area contributed by atoms with E-state index < -0.39 is 5.97 Å². The Morgan fingerprint density at radius 2 is 2.04 bits per heavy atom. The van der Waals surface area contributed by atoms with Gasteiger partial charge in [-0.25, -0.2) is 4.98 Å². The number of nitrogens with zero attached hydrogens (tertiary/aromatic N) is 1. The van der Waals surface area contributed by atoms with Crippen molar-refractivity contribution in [2.45, 2.75) is 25.8 Å². The summed E-state index contributed by atoms with van der Waals surface area (Å²) >= 11 is 5.94. The molecule has 0 aliphatic rings. The van der Waals surface area contributed by atoms with E-state index in [0.717, 1.165) is 11.1 Å². The molecule has 3 rings (SSSR count). The number of benzene rings is 2. The highest BCUT2D eigenvalue weighted by Gasteiger charge is 2.13. The lowest BCUT2D eigenvalue weighted by molar-refractivity contribution is -0.148. The number of hydrogen-bond acceptors (Lipinski definition) is 5. The summed E-state index contributed by atoms with van der Waals surface area (Å²) in [7, 11) is 0. The molecule has 0 saturated carbocycles. The molecule has 1 aromatic heterocycles. The third-order valence-electron chi connectivity index (χ3n) is 3.97. The first-order chi connectivity index (χ1) is 13.0. The smallest absolute Gasteiger partial charge is 0.306 e. The molecule has 0 bridgehead atoms. The molecule has 3 aromatic rings. The van der Waals surface area contributed by atoms with Crippen LogP contribution in [0.1, 0.15) is 30.8 Å². The zero-order valence-corrected chi connectivity index (χ0v) is 15.5. The van der Waals surface area contributed by atoms with Gasteiger partial charge in [-0.2, -0.15) is 0 Å². The first-order valence-corrected chi connectivity index (χ1v) is 8.94. The van der Waals surface area contributed by atoms with E-state index in [1.54, 1.807) is 12.1 Å². The molecule has 1 N–H and O–H groups in total. The molecule has 0 spiro atoms. The Labute approximate surface area is 161 Å². The molecule has 6 nitrogen and oxygen atoms in total. The molecule has 0 unspecified atom stereocenters. The quantitative estimate of drug-likeness (QED) is 0.624. The largest absolute Gasteiger partial charge is 0.456 e. The number of carbonyl (C=O) groups is 2. The fourth-order valence-electron chi connectivity index (χ4n) is 2.60. The fourth-order valence-corrected chi connectivity index (χ4v) is 2.80. The van der Waals surface area contributed by atoms with Gasteiger partial charge in [-0.1, -0.05) is 35.9 Å². The molecule has 0 saturated heterocycles. The molecular formula is C20H19ClN2O4. The van der Waals surface area contributed by atoms with Crippen LogP contribution in [0.25, 0.3) is 11.1 Å². The normalized spacial score (nSPS) is 11.9. The van der Waals surface area contributed by atoms with Gasteiger partial charge in [0.25, 0.3) is 5.91 Å². The van der Waals surface area contributed by atoms with E-state index in [2.05, 4.69) is 10.3 Å². The number of oxazole rings is 1. The van der Waals surface area contributed by atoms with Crippen LogP contribution in [-0.4, -0.2) is 23.5 Å². The van der Waals surface area contributed by atoms with Gasteiger partial charge in [0, 0.05) is 11.4 Å². The molecule has 0 aliphatic carbocycles. The van der Waals surface area contributed by atoms with Crippen molar-refractivity contribution in [1.82, 2.24) is 10.3 Å². The highest BCUT2D eigenvalue weighted by Crippen LogP contribution is 2.17. The van der Waals surface area contributed by atoms with E-state index in [4.69, 9.17) is 20.8 Å². The predicted molar refractivity (Wildman–Crippen MR) is 101 cm³/mol. The number of ether oxygens (including phenoxy) is 1. The van der Waals surface area contributed by atoms with Crippen molar-refractivity contribution in [3.05, 3.63) is 65.0 Å². The summed E-state index contributed by atoms with van der Waals surface area (Å²) in [6, 6.07) is 14.4. The first kappa shape index (κ1) is 18.9. The van der Waals surface area contributed by atoms with Crippen molar-refractivity contribution < 1.29 is 18.7 Å². The van der Waals surface area contributed by atoms with Gasteiger partial charge in [0.1, 0.15) is 5.52 Å². The highest BCUT2D eigenvalue weighted by atomic mass is 35.5. The van der Waals surface area contributed by atoms with E-state index in [0.29, 0.717) is 22.9 Å². The number of para-hydroxylation sites is 2. The number of esters is 1. The van der Waals surface area contributed by atoms with Crippen LogP contribution in [0.3, 0.4) is 0 Å². The Morgan fingerprint density at radius 1 is 1.22 bits per heavy atom. The Bertz CT molecular complexity index is 921. The molecule has 140 valence electrons. The summed E-state index contributed by atoms with van der Waals surface area (Å²) in [6.45, 7) is 1.50. The molecular weight excluding hydrogens is 368 g/mol. The lowest BCUT2D eigenvalue weighted by Gasteiger charge is -2.14. The number of carbonyl (C=O) groups excluding carboxylic acids is 2. The van der Waals surface area contributed by atoms with E-state index in [9.17, 15) is 9.59 Å². The summed E-state index contributed by atoms with van der Waals surface area (Å²) in [5, 5.41) is 3.36. The summed E-state index contributed by atoms with van der Waals surface area (Å²) in [4.78, 5) is 28.1. The van der Waals surface area contributed by atoms with Gasteiger partial charge < -0.3 is 14.5 Å². The molecule has 7 heteroatoms. The fraction of sp³-hybridized carbons (Fsp3) is 0.250. The summed E-state index contributed by atoms with van der Waals surface area (Å²) in [5.41, 5.74) is 2.30. The monoisotopic (exact) mass is 386 g/mol. The number of rotatable bonds is 7. The van der Waals surface area contributed by atoms with Crippen molar-refractivity contribution in [2.75, 3.05) is 6.61 Å². The Balaban J connectivity index is 1.42. The summed E-state index contributed by atoms with van der Waals surface area (Å²) < 4.78 is 10.6. The van der Waals surface area contributed by atoms with E-state index >= 15 is 0 Å². The number of amides is 1.